The Kier molecular flexibility index (Phi) is 2.23. The van der Waals surface area contributed by atoms with Gasteiger partial charge in [0.25, 0.3) is 6.33 Å². The molecule has 0 saturated heterocycles. The van der Waals surface area contributed by atoms with Crippen LogP contribution in [0.5, 0.6) is 0 Å². The van der Waals surface area contributed by atoms with E-state index < -0.39 is 0 Å². The summed E-state index contributed by atoms with van der Waals surface area (Å²) in [6.45, 7) is 0.108. The van der Waals surface area contributed by atoms with Gasteiger partial charge in [0.2, 0.25) is 6.33 Å². The van der Waals surface area contributed by atoms with Crippen molar-refractivity contribution in [3.05, 3.63) is 12.7 Å². The van der Waals surface area contributed by atoms with E-state index >= 15 is 0 Å². The summed E-state index contributed by atoms with van der Waals surface area (Å²) in [7, 11) is 0. The summed E-state index contributed by atoms with van der Waals surface area (Å²) in [4.78, 5) is 0. The van der Waals surface area contributed by atoms with E-state index in [2.05, 4.69) is 10.3 Å². The molecule has 0 spiro atoms. The monoisotopic (exact) mass is 167 g/mol. The van der Waals surface area contributed by atoms with E-state index in [4.69, 9.17) is 16.3 Å². The molecule has 62 valence electrons. The van der Waals surface area contributed by atoms with E-state index in [-0.39, 0.29) is 12.3 Å². The molecule has 1 rings (SSSR count). The summed E-state index contributed by atoms with van der Waals surface area (Å²) in [6, 6.07) is 1.70. The summed E-state index contributed by atoms with van der Waals surface area (Å²) < 4.78 is 2.60. The van der Waals surface area contributed by atoms with Crippen LogP contribution in [0.15, 0.2) is 17.8 Å². The minimum absolute atomic E-state index is 0.0290. The highest BCUT2D eigenvalue weighted by Crippen LogP contribution is 1.81. The molecule has 0 fully saturated rings. The quantitative estimate of drug-likeness (QED) is 0.179. The van der Waals surface area contributed by atoms with Crippen LogP contribution < -0.4 is 10.5 Å². The summed E-state index contributed by atoms with van der Waals surface area (Å²) in [5.74, 6) is 5.29. The maximum atomic E-state index is 8.37. The Morgan fingerprint density at radius 1 is 1.92 bits per heavy atom. The van der Waals surface area contributed by atoms with Crippen molar-refractivity contribution >= 4 is 5.71 Å². The van der Waals surface area contributed by atoms with Crippen LogP contribution in [0.1, 0.15) is 0 Å². The van der Waals surface area contributed by atoms with Crippen LogP contribution in [0.2, 0.25) is 0 Å². The van der Waals surface area contributed by atoms with Gasteiger partial charge in [-0.1, -0.05) is 5.16 Å². The minimum Gasteiger partial charge on any atom is -0.410 e. The van der Waals surface area contributed by atoms with Gasteiger partial charge in [0.15, 0.2) is 12.3 Å². The van der Waals surface area contributed by atoms with Gasteiger partial charge < -0.3 is 5.21 Å². The van der Waals surface area contributed by atoms with Crippen molar-refractivity contribution in [3.8, 4) is 6.07 Å². The molecular formula is C5H7N6O+. The van der Waals surface area contributed by atoms with Crippen LogP contribution in [0.25, 0.3) is 0 Å². The topological polar surface area (TPSA) is 104 Å². The van der Waals surface area contributed by atoms with Crippen LogP contribution in [-0.2, 0) is 6.54 Å². The number of hydrogen-bond donors (Lipinski definition) is 2. The van der Waals surface area contributed by atoms with Gasteiger partial charge in [-0.2, -0.15) is 5.26 Å². The lowest BCUT2D eigenvalue weighted by molar-refractivity contribution is -0.639. The first-order valence-corrected chi connectivity index (χ1v) is 3.06. The van der Waals surface area contributed by atoms with Crippen molar-refractivity contribution < 1.29 is 9.88 Å². The first-order chi connectivity index (χ1) is 5.76. The first kappa shape index (κ1) is 8.00. The van der Waals surface area contributed by atoms with Crippen molar-refractivity contribution in [1.82, 2.24) is 9.78 Å². The third-order valence-corrected chi connectivity index (χ3v) is 1.16. The molecule has 0 saturated carbocycles. The fourth-order valence-electron chi connectivity index (χ4n) is 0.664. The predicted octanol–water partition coefficient (Wildman–Crippen LogP) is -1.76. The largest absolute Gasteiger partial charge is 0.410 e. The molecule has 0 unspecified atom stereocenters. The molecule has 0 radical (unpaired) electrons. The van der Waals surface area contributed by atoms with Crippen LogP contribution in [0.4, 0.5) is 0 Å². The standard InChI is InChI=1S/C5H6N6O/c6-1-5(9-12)2-11-4-10(7)3-8-11/h3-4H,2,7H2/p+1. The fourth-order valence-corrected chi connectivity index (χ4v) is 0.664. The molecule has 0 atom stereocenters. The summed E-state index contributed by atoms with van der Waals surface area (Å²) in [5, 5.41) is 23.2. The average Bonchev–Trinajstić information content (AvgIpc) is 2.47. The third-order valence-electron chi connectivity index (χ3n) is 1.16. The van der Waals surface area contributed by atoms with Gasteiger partial charge in [-0.05, 0) is 0 Å². The van der Waals surface area contributed by atoms with Crippen molar-refractivity contribution in [1.29, 1.82) is 5.26 Å². The molecule has 0 amide bonds. The summed E-state index contributed by atoms with van der Waals surface area (Å²) in [5.41, 5.74) is -0.0290. The molecule has 0 aliphatic carbocycles. The second kappa shape index (κ2) is 3.34. The summed E-state index contributed by atoms with van der Waals surface area (Å²) >= 11 is 0. The second-order valence-electron chi connectivity index (χ2n) is 2.05. The van der Waals surface area contributed by atoms with E-state index in [0.29, 0.717) is 0 Å². The lowest BCUT2D eigenvalue weighted by Crippen LogP contribution is -2.42. The minimum atomic E-state index is -0.0290. The van der Waals surface area contributed by atoms with Crippen LogP contribution in [0.3, 0.4) is 0 Å². The molecule has 1 heterocycles. The maximum Gasteiger partial charge on any atom is 0.286 e. The third kappa shape index (κ3) is 1.69. The van der Waals surface area contributed by atoms with Crippen molar-refractivity contribution in [3.63, 3.8) is 0 Å². The van der Waals surface area contributed by atoms with Crippen molar-refractivity contribution in [2.75, 3.05) is 5.84 Å². The molecule has 0 aliphatic heterocycles. The van der Waals surface area contributed by atoms with Crippen molar-refractivity contribution in [2.24, 2.45) is 5.16 Å². The molecule has 0 aliphatic rings. The van der Waals surface area contributed by atoms with E-state index in [9.17, 15) is 0 Å². The average molecular weight is 167 g/mol. The molecule has 7 nitrogen and oxygen atoms in total. The molecule has 1 aromatic rings. The Morgan fingerprint density at radius 2 is 2.67 bits per heavy atom. The first-order valence-electron chi connectivity index (χ1n) is 3.06. The zero-order chi connectivity index (χ0) is 8.97. The van der Waals surface area contributed by atoms with E-state index in [1.54, 1.807) is 6.07 Å². The zero-order valence-electron chi connectivity index (χ0n) is 6.12. The van der Waals surface area contributed by atoms with E-state index in [1.165, 1.54) is 22.0 Å². The smallest absolute Gasteiger partial charge is 0.286 e. The SMILES string of the molecule is N#CC(Cn1c[n+](N)cn1)=NO. The van der Waals surface area contributed by atoms with Crippen molar-refractivity contribution in [2.45, 2.75) is 6.54 Å². The van der Waals surface area contributed by atoms with E-state index in [0.717, 1.165) is 0 Å². The normalized spacial score (nSPS) is 11.1. The van der Waals surface area contributed by atoms with E-state index in [1.807, 2.05) is 0 Å². The van der Waals surface area contributed by atoms with Gasteiger partial charge in [0.05, 0.1) is 0 Å². The van der Waals surface area contributed by atoms with Gasteiger partial charge in [-0.3, -0.25) is 5.84 Å². The highest BCUT2D eigenvalue weighted by atomic mass is 16.4. The molecule has 0 bridgehead atoms. The number of nitrogen functional groups attached to an aromatic ring is 1. The van der Waals surface area contributed by atoms with Gasteiger partial charge in [0, 0.05) is 5.10 Å². The number of rotatable bonds is 2. The second-order valence-corrected chi connectivity index (χ2v) is 2.05. The number of aromatic nitrogens is 3. The Labute approximate surface area is 67.9 Å². The highest BCUT2D eigenvalue weighted by molar-refractivity contribution is 5.97. The lowest BCUT2D eigenvalue weighted by Gasteiger charge is -1.86. The molecule has 12 heavy (non-hydrogen) atoms. The zero-order valence-corrected chi connectivity index (χ0v) is 6.12. The Bertz CT molecular complexity index is 334. The number of nitrogens with two attached hydrogens (primary N) is 1. The highest BCUT2D eigenvalue weighted by Gasteiger charge is 2.07. The summed E-state index contributed by atoms with van der Waals surface area (Å²) in [6.07, 6.45) is 2.83. The van der Waals surface area contributed by atoms with Crippen LogP contribution in [0, 0.1) is 11.3 Å². The Morgan fingerprint density at radius 3 is 3.08 bits per heavy atom. The Balaban J connectivity index is 2.71. The number of hydrogen-bond acceptors (Lipinski definition) is 5. The Hall–Kier alpha value is -2.10. The fraction of sp³-hybridized carbons (Fsp3) is 0.200. The molecule has 1 aromatic heterocycles. The van der Waals surface area contributed by atoms with Gasteiger partial charge in [0.1, 0.15) is 6.07 Å². The van der Waals surface area contributed by atoms with Gasteiger partial charge >= 0.3 is 0 Å². The molecule has 3 N–H and O–H groups in total. The number of oxime groups is 1. The molecule has 0 aromatic carbocycles. The molecular weight excluding hydrogens is 160 g/mol. The van der Waals surface area contributed by atoms with Gasteiger partial charge in [-0.25, -0.2) is 0 Å². The van der Waals surface area contributed by atoms with Gasteiger partial charge in [-0.15, -0.1) is 9.36 Å². The van der Waals surface area contributed by atoms with Crippen LogP contribution >= 0.6 is 0 Å². The maximum absolute atomic E-state index is 8.37. The number of nitrogens with zero attached hydrogens (tertiary/aromatic N) is 5. The predicted molar refractivity (Wildman–Crippen MR) is 37.4 cm³/mol. The van der Waals surface area contributed by atoms with Crippen LogP contribution in [-0.4, -0.2) is 20.7 Å². The lowest BCUT2D eigenvalue weighted by atomic mass is 10.4. The molecule has 7 heteroatoms. The number of nitriles is 1.